The number of hydrogen-bond acceptors (Lipinski definition) is 3. The Balaban J connectivity index is 0.00000220. The van der Waals surface area contributed by atoms with E-state index in [0.29, 0.717) is 12.0 Å². The van der Waals surface area contributed by atoms with Gasteiger partial charge in [-0.2, -0.15) is 13.2 Å². The smallest absolute Gasteiger partial charge is 0.302 e. The standard InChI is InChI=1S/C13H13F3N2O2.ClH/c14-13(15,16)9-3-1-2-8(6-9)7-17-10-4-5-11(19)18-12(10)20;/h1-3,6,10,17H,4-5,7H2,(H,18,19,20);1H. The van der Waals surface area contributed by atoms with Crippen molar-refractivity contribution >= 4 is 24.2 Å². The molecule has 1 fully saturated rings. The molecule has 0 aromatic heterocycles. The molecule has 1 unspecified atom stereocenters. The van der Waals surface area contributed by atoms with Crippen molar-refractivity contribution in [2.75, 3.05) is 0 Å². The van der Waals surface area contributed by atoms with Gasteiger partial charge in [-0.3, -0.25) is 14.9 Å². The first-order valence-corrected chi connectivity index (χ1v) is 6.09. The summed E-state index contributed by atoms with van der Waals surface area (Å²) in [7, 11) is 0. The molecule has 0 aliphatic carbocycles. The maximum Gasteiger partial charge on any atom is 0.416 e. The summed E-state index contributed by atoms with van der Waals surface area (Å²) in [6.07, 6.45) is -3.81. The van der Waals surface area contributed by atoms with Crippen LogP contribution in [0.4, 0.5) is 13.2 Å². The molecule has 2 N–H and O–H groups in total. The van der Waals surface area contributed by atoms with E-state index < -0.39 is 23.7 Å². The summed E-state index contributed by atoms with van der Waals surface area (Å²) in [5, 5.41) is 5.04. The number of rotatable bonds is 3. The molecule has 1 atom stereocenters. The topological polar surface area (TPSA) is 58.2 Å². The lowest BCUT2D eigenvalue weighted by molar-refractivity contribution is -0.138. The Kier molecular flexibility index (Phi) is 5.74. The van der Waals surface area contributed by atoms with Gasteiger partial charge in [0.25, 0.3) is 0 Å². The molecule has 2 rings (SSSR count). The predicted molar refractivity (Wildman–Crippen MR) is 71.7 cm³/mol. The van der Waals surface area contributed by atoms with Gasteiger partial charge in [-0.15, -0.1) is 12.4 Å². The van der Waals surface area contributed by atoms with Gasteiger partial charge in [0, 0.05) is 13.0 Å². The number of piperidine rings is 1. The van der Waals surface area contributed by atoms with Crippen molar-refractivity contribution in [3.05, 3.63) is 35.4 Å². The van der Waals surface area contributed by atoms with Crippen molar-refractivity contribution in [3.8, 4) is 0 Å². The molecule has 2 amide bonds. The number of hydrogen-bond donors (Lipinski definition) is 2. The fourth-order valence-corrected chi connectivity index (χ4v) is 1.99. The van der Waals surface area contributed by atoms with Crippen LogP contribution in [0.5, 0.6) is 0 Å². The molecule has 8 heteroatoms. The van der Waals surface area contributed by atoms with Gasteiger partial charge >= 0.3 is 6.18 Å². The highest BCUT2D eigenvalue weighted by molar-refractivity contribution is 6.00. The normalized spacial score (nSPS) is 18.9. The summed E-state index contributed by atoms with van der Waals surface area (Å²) >= 11 is 0. The largest absolute Gasteiger partial charge is 0.416 e. The van der Waals surface area contributed by atoms with E-state index in [1.807, 2.05) is 0 Å². The first-order valence-electron chi connectivity index (χ1n) is 6.09. The van der Waals surface area contributed by atoms with Crippen LogP contribution in [0.3, 0.4) is 0 Å². The maximum atomic E-state index is 12.5. The van der Waals surface area contributed by atoms with Crippen LogP contribution >= 0.6 is 12.4 Å². The Hall–Kier alpha value is -1.60. The Labute approximate surface area is 125 Å². The van der Waals surface area contributed by atoms with Crippen molar-refractivity contribution in [1.82, 2.24) is 10.6 Å². The highest BCUT2D eigenvalue weighted by atomic mass is 35.5. The highest BCUT2D eigenvalue weighted by Crippen LogP contribution is 2.29. The zero-order valence-electron chi connectivity index (χ0n) is 10.9. The molecule has 0 radical (unpaired) electrons. The van der Waals surface area contributed by atoms with Crippen LogP contribution in [0, 0.1) is 0 Å². The molecule has 0 bridgehead atoms. The molecule has 1 aromatic carbocycles. The average molecular weight is 323 g/mol. The number of alkyl halides is 3. The lowest BCUT2D eigenvalue weighted by atomic mass is 10.1. The molecular weight excluding hydrogens is 309 g/mol. The second kappa shape index (κ2) is 6.91. The lowest BCUT2D eigenvalue weighted by Crippen LogP contribution is -2.50. The van der Waals surface area contributed by atoms with Crippen molar-refractivity contribution in [2.24, 2.45) is 0 Å². The van der Waals surface area contributed by atoms with Crippen LogP contribution in [0.1, 0.15) is 24.0 Å². The van der Waals surface area contributed by atoms with Gasteiger partial charge in [0.1, 0.15) is 0 Å². The quantitative estimate of drug-likeness (QED) is 0.837. The first kappa shape index (κ1) is 17.5. The molecule has 1 heterocycles. The van der Waals surface area contributed by atoms with Crippen LogP contribution in [0.15, 0.2) is 24.3 Å². The minimum Gasteiger partial charge on any atom is -0.302 e. The predicted octanol–water partition coefficient (Wildman–Crippen LogP) is 2.02. The zero-order valence-corrected chi connectivity index (χ0v) is 11.7. The Morgan fingerprint density at radius 3 is 2.62 bits per heavy atom. The molecule has 1 aliphatic rings. The highest BCUT2D eigenvalue weighted by Gasteiger charge is 2.30. The van der Waals surface area contributed by atoms with Gasteiger partial charge in [-0.25, -0.2) is 0 Å². The number of imide groups is 1. The SMILES string of the molecule is Cl.O=C1CCC(NCc2cccc(C(F)(F)F)c2)C(=O)N1. The minimum absolute atomic E-state index is 0. The van der Waals surface area contributed by atoms with Crippen LogP contribution in [-0.2, 0) is 22.3 Å². The Bertz CT molecular complexity index is 534. The van der Waals surface area contributed by atoms with Crippen molar-refractivity contribution in [3.63, 3.8) is 0 Å². The molecule has 116 valence electrons. The molecule has 1 aliphatic heterocycles. The van der Waals surface area contributed by atoms with Crippen molar-refractivity contribution in [1.29, 1.82) is 0 Å². The van der Waals surface area contributed by atoms with Crippen LogP contribution in [0.2, 0.25) is 0 Å². The number of nitrogens with one attached hydrogen (secondary N) is 2. The van der Waals surface area contributed by atoms with E-state index in [4.69, 9.17) is 0 Å². The van der Waals surface area contributed by atoms with Crippen molar-refractivity contribution < 1.29 is 22.8 Å². The van der Waals surface area contributed by atoms with Gasteiger partial charge < -0.3 is 5.32 Å². The molecule has 4 nitrogen and oxygen atoms in total. The molecule has 1 saturated heterocycles. The molecule has 21 heavy (non-hydrogen) atoms. The monoisotopic (exact) mass is 322 g/mol. The van der Waals surface area contributed by atoms with Crippen LogP contribution in [-0.4, -0.2) is 17.9 Å². The molecule has 0 spiro atoms. The lowest BCUT2D eigenvalue weighted by Gasteiger charge is -2.22. The van der Waals surface area contributed by atoms with E-state index >= 15 is 0 Å². The zero-order chi connectivity index (χ0) is 14.8. The molecular formula is C13H14ClF3N2O2. The third-order valence-corrected chi connectivity index (χ3v) is 3.05. The van der Waals surface area contributed by atoms with E-state index in [9.17, 15) is 22.8 Å². The summed E-state index contributed by atoms with van der Waals surface area (Å²) in [6.45, 7) is 0.135. The summed E-state index contributed by atoms with van der Waals surface area (Å²) in [5.41, 5.74) is -0.287. The van der Waals surface area contributed by atoms with E-state index in [1.165, 1.54) is 6.07 Å². The maximum absolute atomic E-state index is 12.5. The fraction of sp³-hybridized carbons (Fsp3) is 0.385. The number of carbonyl (C=O) groups is 2. The van der Waals surface area contributed by atoms with Gasteiger partial charge in [-0.05, 0) is 18.1 Å². The van der Waals surface area contributed by atoms with Gasteiger partial charge in [0.05, 0.1) is 11.6 Å². The Morgan fingerprint density at radius 2 is 2.00 bits per heavy atom. The Morgan fingerprint density at radius 1 is 1.29 bits per heavy atom. The third kappa shape index (κ3) is 4.71. The average Bonchev–Trinajstić information content (AvgIpc) is 2.37. The molecule has 0 saturated carbocycles. The fourth-order valence-electron chi connectivity index (χ4n) is 1.99. The van der Waals surface area contributed by atoms with Crippen LogP contribution in [0.25, 0.3) is 0 Å². The third-order valence-electron chi connectivity index (χ3n) is 3.05. The summed E-state index contributed by atoms with van der Waals surface area (Å²) in [4.78, 5) is 22.4. The molecule has 1 aromatic rings. The number of amides is 2. The summed E-state index contributed by atoms with van der Waals surface area (Å²) in [6, 6.07) is 4.36. The van der Waals surface area contributed by atoms with Gasteiger partial charge in [-0.1, -0.05) is 18.2 Å². The first-order chi connectivity index (χ1) is 9.36. The van der Waals surface area contributed by atoms with E-state index in [-0.39, 0.29) is 31.3 Å². The van der Waals surface area contributed by atoms with E-state index in [0.717, 1.165) is 12.1 Å². The second-order valence-corrected chi connectivity index (χ2v) is 4.58. The second-order valence-electron chi connectivity index (χ2n) is 4.58. The van der Waals surface area contributed by atoms with E-state index in [1.54, 1.807) is 6.07 Å². The number of halogens is 4. The van der Waals surface area contributed by atoms with E-state index in [2.05, 4.69) is 10.6 Å². The van der Waals surface area contributed by atoms with Gasteiger partial charge in [0.2, 0.25) is 11.8 Å². The summed E-state index contributed by atoms with van der Waals surface area (Å²) < 4.78 is 37.6. The minimum atomic E-state index is -4.38. The summed E-state index contributed by atoms with van der Waals surface area (Å²) in [5.74, 6) is -0.764. The van der Waals surface area contributed by atoms with Gasteiger partial charge in [0.15, 0.2) is 0 Å². The van der Waals surface area contributed by atoms with Crippen LogP contribution < -0.4 is 10.6 Å². The van der Waals surface area contributed by atoms with Crippen molar-refractivity contribution in [2.45, 2.75) is 31.6 Å². The number of benzene rings is 1. The number of carbonyl (C=O) groups excluding carboxylic acids is 2.